The topological polar surface area (TPSA) is 0 Å². The Kier molecular flexibility index (Phi) is 8.96. The SMILES string of the molecule is c1cc2ccc(-c3c(-c4ccc5cccc-5cc4)c(-c4ccc5cccc-5cc4)c(-c4ccc5cccc-5cc4)c(-c4ccc5cccc-5cc4)c3-c3ccc4cccc-4cc3)ccc-2c1. The van der Waals surface area contributed by atoms with Crippen LogP contribution in [0.15, 0.2) is 255 Å². The van der Waals surface area contributed by atoms with E-state index in [9.17, 15) is 0 Å². The van der Waals surface area contributed by atoms with Crippen LogP contribution in [0.3, 0.4) is 0 Å². The number of benzene rings is 1. The van der Waals surface area contributed by atoms with Gasteiger partial charge in [-0.15, -0.1) is 0 Å². The second kappa shape index (κ2) is 15.6. The van der Waals surface area contributed by atoms with Crippen molar-refractivity contribution in [1.82, 2.24) is 0 Å². The van der Waals surface area contributed by atoms with Gasteiger partial charge in [-0.25, -0.2) is 0 Å². The van der Waals surface area contributed by atoms with Crippen LogP contribution in [-0.4, -0.2) is 0 Å². The highest BCUT2D eigenvalue weighted by molar-refractivity contribution is 6.15. The fraction of sp³-hybridized carbons (Fsp3) is 0. The van der Waals surface area contributed by atoms with Crippen LogP contribution in [0.1, 0.15) is 0 Å². The van der Waals surface area contributed by atoms with Gasteiger partial charge < -0.3 is 0 Å². The molecule has 0 saturated carbocycles. The highest BCUT2D eigenvalue weighted by Crippen LogP contribution is 2.56. The van der Waals surface area contributed by atoms with Crippen molar-refractivity contribution in [2.24, 2.45) is 0 Å². The third-order valence-electron chi connectivity index (χ3n) is 13.9. The summed E-state index contributed by atoms with van der Waals surface area (Å²) < 4.78 is 0. The molecule has 306 valence electrons. The molecule has 0 radical (unpaired) electrons. The molecule has 12 aliphatic carbocycles. The molecule has 0 nitrogen and oxygen atoms in total. The van der Waals surface area contributed by atoms with Crippen molar-refractivity contribution in [3.8, 4) is 134 Å². The summed E-state index contributed by atoms with van der Waals surface area (Å²) in [5, 5.41) is 0. The van der Waals surface area contributed by atoms with Gasteiger partial charge in [-0.3, -0.25) is 0 Å². The number of hydrogen-bond donors (Lipinski definition) is 0. The van der Waals surface area contributed by atoms with E-state index in [4.69, 9.17) is 0 Å². The van der Waals surface area contributed by atoms with Crippen molar-refractivity contribution in [2.45, 2.75) is 0 Å². The minimum absolute atomic E-state index is 1.15. The summed E-state index contributed by atoms with van der Waals surface area (Å²) in [4.78, 5) is 0. The van der Waals surface area contributed by atoms with Crippen molar-refractivity contribution in [2.75, 3.05) is 0 Å². The predicted molar refractivity (Wildman–Crippen MR) is 279 cm³/mol. The highest BCUT2D eigenvalue weighted by Gasteiger charge is 2.29. The lowest BCUT2D eigenvalue weighted by atomic mass is 9.75. The molecule has 12 aliphatic rings. The molecule has 0 amide bonds. The molecular formula is C66H42. The van der Waals surface area contributed by atoms with Crippen LogP contribution >= 0.6 is 0 Å². The first-order chi connectivity index (χ1) is 32.7. The number of fused-ring (bicyclic) bond motifs is 6. The largest absolute Gasteiger partial charge is 0.0610 e. The van der Waals surface area contributed by atoms with Gasteiger partial charge in [0.05, 0.1) is 0 Å². The van der Waals surface area contributed by atoms with E-state index in [2.05, 4.69) is 255 Å². The van der Waals surface area contributed by atoms with Crippen LogP contribution in [0.25, 0.3) is 134 Å². The maximum Gasteiger partial charge on any atom is -0.00139 e. The Morgan fingerprint density at radius 1 is 0.0909 bits per heavy atom. The van der Waals surface area contributed by atoms with Crippen LogP contribution in [0, 0.1) is 0 Å². The molecule has 0 bridgehead atoms. The van der Waals surface area contributed by atoms with E-state index < -0.39 is 0 Å². The lowest BCUT2D eigenvalue weighted by Crippen LogP contribution is -2.01. The lowest BCUT2D eigenvalue weighted by molar-refractivity contribution is 1.55. The van der Waals surface area contributed by atoms with Gasteiger partial charge in [0.25, 0.3) is 0 Å². The average Bonchev–Trinajstić information content (AvgIpc) is 4.21. The van der Waals surface area contributed by atoms with E-state index in [1.165, 1.54) is 100 Å². The Balaban J connectivity index is 1.31. The van der Waals surface area contributed by atoms with Gasteiger partial charge in [0.15, 0.2) is 0 Å². The molecule has 66 heavy (non-hydrogen) atoms. The molecule has 0 saturated heterocycles. The minimum atomic E-state index is 1.15. The van der Waals surface area contributed by atoms with Gasteiger partial charge in [-0.2, -0.15) is 0 Å². The van der Waals surface area contributed by atoms with Gasteiger partial charge in [0.1, 0.15) is 0 Å². The zero-order valence-electron chi connectivity index (χ0n) is 36.2. The van der Waals surface area contributed by atoms with Crippen molar-refractivity contribution in [3.63, 3.8) is 0 Å². The van der Waals surface area contributed by atoms with E-state index in [1.54, 1.807) is 0 Å². The van der Waals surface area contributed by atoms with E-state index in [0.717, 1.165) is 33.4 Å². The molecule has 1 aromatic rings. The first-order valence-corrected chi connectivity index (χ1v) is 22.9. The monoisotopic (exact) mass is 834 g/mol. The van der Waals surface area contributed by atoms with E-state index >= 15 is 0 Å². The second-order valence-electron chi connectivity index (χ2n) is 17.6. The predicted octanol–water partition coefficient (Wildman–Crippen LogP) is 18.3. The first-order valence-electron chi connectivity index (χ1n) is 22.9. The van der Waals surface area contributed by atoms with Gasteiger partial charge in [-0.05, 0) is 134 Å². The summed E-state index contributed by atoms with van der Waals surface area (Å²) in [7, 11) is 0. The Hall–Kier alpha value is -8.58. The van der Waals surface area contributed by atoms with Crippen molar-refractivity contribution in [1.29, 1.82) is 0 Å². The Bertz CT molecular complexity index is 2880. The van der Waals surface area contributed by atoms with Crippen molar-refractivity contribution >= 4 is 0 Å². The van der Waals surface area contributed by atoms with E-state index in [0.29, 0.717) is 0 Å². The minimum Gasteiger partial charge on any atom is -0.0610 e. The average molecular weight is 835 g/mol. The fourth-order valence-electron chi connectivity index (χ4n) is 10.5. The second-order valence-corrected chi connectivity index (χ2v) is 17.6. The molecule has 0 unspecified atom stereocenters. The molecule has 0 heteroatoms. The molecule has 0 N–H and O–H groups in total. The molecule has 13 rings (SSSR count). The summed E-state index contributed by atoms with van der Waals surface area (Å²) in [6.07, 6.45) is 0. The molecule has 1 aromatic carbocycles. The fourth-order valence-corrected chi connectivity index (χ4v) is 10.5. The van der Waals surface area contributed by atoms with Crippen molar-refractivity contribution in [3.05, 3.63) is 255 Å². The van der Waals surface area contributed by atoms with Crippen LogP contribution in [0.5, 0.6) is 0 Å². The smallest absolute Gasteiger partial charge is 0.00139 e. The van der Waals surface area contributed by atoms with Crippen LogP contribution < -0.4 is 0 Å². The molecule has 0 aliphatic heterocycles. The summed E-state index contributed by atoms with van der Waals surface area (Å²) in [6.45, 7) is 0. The zero-order chi connectivity index (χ0) is 43.6. The van der Waals surface area contributed by atoms with Crippen molar-refractivity contribution < 1.29 is 0 Å². The highest BCUT2D eigenvalue weighted by atomic mass is 14.3. The summed E-state index contributed by atoms with van der Waals surface area (Å²) in [5.41, 5.74) is 28.6. The maximum absolute atomic E-state index is 2.35. The quantitative estimate of drug-likeness (QED) is 0.157. The first kappa shape index (κ1) is 37.9. The zero-order valence-corrected chi connectivity index (χ0v) is 36.2. The van der Waals surface area contributed by atoms with Gasteiger partial charge >= 0.3 is 0 Å². The third kappa shape index (κ3) is 6.46. The molecule has 0 fully saturated rings. The molecule has 0 atom stereocenters. The molecule has 0 aromatic heterocycles. The number of hydrogen-bond acceptors (Lipinski definition) is 0. The normalized spacial score (nSPS) is 11.6. The Labute approximate surface area is 386 Å². The summed E-state index contributed by atoms with van der Waals surface area (Å²) in [6, 6.07) is 95.4. The summed E-state index contributed by atoms with van der Waals surface area (Å²) in [5.74, 6) is 0. The molecular weight excluding hydrogens is 793 g/mol. The standard InChI is InChI=1S/C66H42/c1-7-43-19-31-55(32-20-44(43)8-1)61-62(56-33-21-45-9-2-10-46(45)22-34-56)64(58-37-25-49-13-4-14-50(49)26-38-58)66(60-41-29-53-17-6-18-54(53)30-42-60)65(59-39-27-51-15-5-16-52(51)28-40-59)63(61)57-35-23-47-11-3-12-48(47)24-36-57/h1-42H. The van der Waals surface area contributed by atoms with Gasteiger partial charge in [0.2, 0.25) is 0 Å². The van der Waals surface area contributed by atoms with Crippen LogP contribution in [-0.2, 0) is 0 Å². The molecule has 0 spiro atoms. The summed E-state index contributed by atoms with van der Waals surface area (Å²) >= 11 is 0. The maximum atomic E-state index is 2.35. The molecule has 0 heterocycles. The van der Waals surface area contributed by atoms with Gasteiger partial charge in [-0.1, -0.05) is 255 Å². The van der Waals surface area contributed by atoms with E-state index in [1.807, 2.05) is 0 Å². The Morgan fingerprint density at radius 2 is 0.182 bits per heavy atom. The van der Waals surface area contributed by atoms with Gasteiger partial charge in [0, 0.05) is 0 Å². The third-order valence-corrected chi connectivity index (χ3v) is 13.9. The Morgan fingerprint density at radius 3 is 0.288 bits per heavy atom. The van der Waals surface area contributed by atoms with Crippen LogP contribution in [0.2, 0.25) is 0 Å². The lowest BCUT2D eigenvalue weighted by Gasteiger charge is -2.28. The number of rotatable bonds is 6. The van der Waals surface area contributed by atoms with E-state index in [-0.39, 0.29) is 0 Å². The van der Waals surface area contributed by atoms with Crippen LogP contribution in [0.4, 0.5) is 0 Å².